The fraction of sp³-hybridized carbons (Fsp3) is 0.633. The Labute approximate surface area is 253 Å². The van der Waals surface area contributed by atoms with Gasteiger partial charge in [0.15, 0.2) is 5.65 Å². The number of nitrogens with one attached hydrogen (secondary N) is 2. The van der Waals surface area contributed by atoms with Crippen LogP contribution in [-0.2, 0) is 11.3 Å². The van der Waals surface area contributed by atoms with E-state index in [1.807, 2.05) is 0 Å². The molecule has 0 saturated heterocycles. The minimum absolute atomic E-state index is 0.0106. The van der Waals surface area contributed by atoms with Crippen molar-refractivity contribution in [1.82, 2.24) is 35.0 Å². The third kappa shape index (κ3) is 6.40. The molecule has 9 nitrogen and oxygen atoms in total. The number of hydrogen-bond donors (Lipinski definition) is 2. The monoisotopic (exact) mass is 608 g/mol. The minimum atomic E-state index is -3.14. The topological polar surface area (TPSA) is 106 Å². The van der Waals surface area contributed by atoms with Crippen molar-refractivity contribution in [3.05, 3.63) is 47.7 Å². The van der Waals surface area contributed by atoms with Crippen molar-refractivity contribution in [3.63, 3.8) is 0 Å². The van der Waals surface area contributed by atoms with Crippen LogP contribution in [0.2, 0.25) is 0 Å². The van der Waals surface area contributed by atoms with Crippen LogP contribution in [0.1, 0.15) is 112 Å². The van der Waals surface area contributed by atoms with Crippen LogP contribution in [0.3, 0.4) is 0 Å². The number of halogens is 4. The summed E-state index contributed by atoms with van der Waals surface area (Å²) in [5.41, 5.74) is 0.980. The standard InChI is InChI=1S/C30H37F4N7O2/c1-2-40-23(8-11-35-40)28(43)39-27(20-6-9-29(31,32)10-7-20)22-17-41-24(37-22)13-21(16-36-41)26(19-4-3-5-19)38-25(42)12-18-14-30(33,34)15-18/h8,11,13,16-20,26-27H,2-7,9-10,12,14-15H2,1H3,(H,38,42)(H,39,43)/t26-,27+/m1/s1/i1D3,2D2. The summed E-state index contributed by atoms with van der Waals surface area (Å²) in [4.78, 5) is 31.1. The van der Waals surface area contributed by atoms with E-state index in [2.05, 4.69) is 20.8 Å². The average Bonchev–Trinajstić information content (AvgIpc) is 3.61. The quantitative estimate of drug-likeness (QED) is 0.290. The third-order valence-electron chi connectivity index (χ3n) is 9.13. The second-order valence-corrected chi connectivity index (χ2v) is 12.2. The van der Waals surface area contributed by atoms with E-state index in [1.54, 1.807) is 18.5 Å². The molecule has 0 aromatic carbocycles. The maximum Gasteiger partial charge on any atom is 0.270 e. The fourth-order valence-electron chi connectivity index (χ4n) is 6.51. The predicted octanol–water partition coefficient (Wildman–Crippen LogP) is 5.64. The maximum absolute atomic E-state index is 14.1. The molecular weight excluding hydrogens is 566 g/mol. The smallest absolute Gasteiger partial charge is 0.270 e. The van der Waals surface area contributed by atoms with Gasteiger partial charge in [-0.25, -0.2) is 27.1 Å². The molecule has 3 saturated carbocycles. The molecule has 3 heterocycles. The number of aromatic nitrogens is 5. The van der Waals surface area contributed by atoms with E-state index in [4.69, 9.17) is 11.8 Å². The largest absolute Gasteiger partial charge is 0.349 e. The van der Waals surface area contributed by atoms with Crippen molar-refractivity contribution in [2.24, 2.45) is 17.8 Å². The number of aryl methyl sites for hydroxylation is 1. The summed E-state index contributed by atoms with van der Waals surface area (Å²) in [5, 5.41) is 14.0. The molecular formula is C30H37F4N7O2. The normalized spacial score (nSPS) is 24.3. The van der Waals surface area contributed by atoms with Crippen molar-refractivity contribution in [2.75, 3.05) is 0 Å². The molecule has 13 heteroatoms. The number of nitrogens with zero attached hydrogens (tertiary/aromatic N) is 5. The van der Waals surface area contributed by atoms with Crippen LogP contribution >= 0.6 is 0 Å². The number of amides is 2. The van der Waals surface area contributed by atoms with Crippen molar-refractivity contribution in [3.8, 4) is 0 Å². The highest BCUT2D eigenvalue weighted by Crippen LogP contribution is 2.45. The molecule has 0 radical (unpaired) electrons. The second-order valence-electron chi connectivity index (χ2n) is 12.2. The lowest BCUT2D eigenvalue weighted by Gasteiger charge is -2.37. The molecule has 2 N–H and O–H groups in total. The summed E-state index contributed by atoms with van der Waals surface area (Å²) in [6.45, 7) is -6.15. The van der Waals surface area contributed by atoms with Crippen LogP contribution in [0.15, 0.2) is 30.7 Å². The predicted molar refractivity (Wildman–Crippen MR) is 149 cm³/mol. The molecule has 3 aliphatic carbocycles. The number of hydrogen-bond acceptors (Lipinski definition) is 5. The first-order valence-corrected chi connectivity index (χ1v) is 14.7. The van der Waals surface area contributed by atoms with E-state index in [0.29, 0.717) is 21.6 Å². The average molecular weight is 609 g/mol. The number of fused-ring (bicyclic) bond motifs is 1. The number of imidazole rings is 1. The summed E-state index contributed by atoms with van der Waals surface area (Å²) in [6, 6.07) is 1.59. The summed E-state index contributed by atoms with van der Waals surface area (Å²) in [5.74, 6) is -7.44. The molecule has 6 rings (SSSR count). The summed E-state index contributed by atoms with van der Waals surface area (Å²) < 4.78 is 95.8. The number of carbonyl (C=O) groups is 2. The molecule has 2 amide bonds. The van der Waals surface area contributed by atoms with Gasteiger partial charge >= 0.3 is 0 Å². The summed E-state index contributed by atoms with van der Waals surface area (Å²) >= 11 is 0. The zero-order valence-corrected chi connectivity index (χ0v) is 23.4. The van der Waals surface area contributed by atoms with Crippen LogP contribution in [0.4, 0.5) is 17.6 Å². The zero-order valence-electron chi connectivity index (χ0n) is 28.4. The van der Waals surface area contributed by atoms with Gasteiger partial charge in [-0.2, -0.15) is 10.2 Å². The Kier molecular flexibility index (Phi) is 6.41. The Bertz CT molecular complexity index is 1660. The van der Waals surface area contributed by atoms with E-state index < -0.39 is 61.9 Å². The van der Waals surface area contributed by atoms with Gasteiger partial charge in [0.2, 0.25) is 17.8 Å². The van der Waals surface area contributed by atoms with Crippen molar-refractivity contribution >= 4 is 17.5 Å². The van der Waals surface area contributed by atoms with Crippen LogP contribution in [0, 0.1) is 17.8 Å². The van der Waals surface area contributed by atoms with Gasteiger partial charge in [-0.1, -0.05) is 6.42 Å². The van der Waals surface area contributed by atoms with Gasteiger partial charge in [0, 0.05) is 48.9 Å². The van der Waals surface area contributed by atoms with Crippen LogP contribution in [0.25, 0.3) is 5.65 Å². The lowest BCUT2D eigenvalue weighted by molar-refractivity contribution is -0.134. The van der Waals surface area contributed by atoms with Crippen molar-refractivity contribution in [2.45, 2.75) is 101 Å². The third-order valence-corrected chi connectivity index (χ3v) is 9.13. The van der Waals surface area contributed by atoms with Crippen molar-refractivity contribution in [1.29, 1.82) is 0 Å². The number of alkyl halides is 4. The SMILES string of the molecule is [2H]C([2H])([2H])C([2H])([2H])n1nccc1C(=O)N[C@H](c1cn2ncc([C@H](NC(=O)CC3CC(F)(F)C3)C3CCC3)cc2n1)C1CCC(F)(F)CC1. The zero-order chi connectivity index (χ0) is 34.6. The molecule has 0 unspecified atom stereocenters. The van der Waals surface area contributed by atoms with Gasteiger partial charge in [0.05, 0.1) is 32.9 Å². The number of rotatable bonds is 10. The Morgan fingerprint density at radius 2 is 1.81 bits per heavy atom. The van der Waals surface area contributed by atoms with E-state index in [-0.39, 0.29) is 55.5 Å². The van der Waals surface area contributed by atoms with Gasteiger partial charge in [0.1, 0.15) is 5.69 Å². The van der Waals surface area contributed by atoms with Gasteiger partial charge in [0.25, 0.3) is 5.91 Å². The highest BCUT2D eigenvalue weighted by Gasteiger charge is 2.46. The van der Waals surface area contributed by atoms with Crippen LogP contribution in [0.5, 0.6) is 0 Å². The van der Waals surface area contributed by atoms with Gasteiger partial charge in [-0.3, -0.25) is 14.3 Å². The van der Waals surface area contributed by atoms with Gasteiger partial charge < -0.3 is 10.6 Å². The molecule has 3 aromatic heterocycles. The highest BCUT2D eigenvalue weighted by molar-refractivity contribution is 5.92. The minimum Gasteiger partial charge on any atom is -0.349 e. The van der Waals surface area contributed by atoms with Crippen LogP contribution < -0.4 is 10.6 Å². The first kappa shape index (κ1) is 23.9. The lowest BCUT2D eigenvalue weighted by atomic mass is 9.76. The molecule has 3 fully saturated rings. The first-order valence-electron chi connectivity index (χ1n) is 17.2. The Hall–Kier alpha value is -3.51. The molecule has 3 aliphatic rings. The Morgan fingerprint density at radius 1 is 1.07 bits per heavy atom. The number of carbonyl (C=O) groups excluding carboxylic acids is 2. The molecule has 232 valence electrons. The molecule has 2 atom stereocenters. The fourth-order valence-corrected chi connectivity index (χ4v) is 6.51. The van der Waals surface area contributed by atoms with E-state index in [0.717, 1.165) is 25.5 Å². The highest BCUT2D eigenvalue weighted by atomic mass is 19.3. The first-order chi connectivity index (χ1) is 22.4. The van der Waals surface area contributed by atoms with Crippen LogP contribution in [-0.4, -0.2) is 48.0 Å². The molecule has 0 aliphatic heterocycles. The second kappa shape index (κ2) is 11.5. The Morgan fingerprint density at radius 3 is 2.49 bits per heavy atom. The summed E-state index contributed by atoms with van der Waals surface area (Å²) in [6.07, 6.45) is 5.69. The Balaban J connectivity index is 1.27. The molecule has 0 bridgehead atoms. The van der Waals surface area contributed by atoms with E-state index in [1.165, 1.54) is 10.6 Å². The van der Waals surface area contributed by atoms with E-state index >= 15 is 0 Å². The maximum atomic E-state index is 14.1. The van der Waals surface area contributed by atoms with Crippen molar-refractivity contribution < 1.29 is 34.0 Å². The summed E-state index contributed by atoms with van der Waals surface area (Å²) in [7, 11) is 0. The lowest BCUT2D eigenvalue weighted by Crippen LogP contribution is -2.41. The van der Waals surface area contributed by atoms with E-state index in [9.17, 15) is 27.2 Å². The molecule has 0 spiro atoms. The van der Waals surface area contributed by atoms with Gasteiger partial charge in [-0.15, -0.1) is 0 Å². The molecule has 43 heavy (non-hydrogen) atoms. The van der Waals surface area contributed by atoms with Gasteiger partial charge in [-0.05, 0) is 68.0 Å². The molecule has 3 aromatic rings.